The maximum Gasteiger partial charge on any atom is 0.322 e. The van der Waals surface area contributed by atoms with Crippen LogP contribution in [-0.4, -0.2) is 37.4 Å². The highest BCUT2D eigenvalue weighted by Crippen LogP contribution is 2.41. The van der Waals surface area contributed by atoms with Crippen LogP contribution in [-0.2, 0) is 0 Å². The van der Waals surface area contributed by atoms with E-state index in [0.717, 1.165) is 36.0 Å². The molecule has 144 valence electrons. The molecule has 2 aliphatic heterocycles. The van der Waals surface area contributed by atoms with E-state index in [1.54, 1.807) is 18.5 Å². The number of anilines is 1. The van der Waals surface area contributed by atoms with Gasteiger partial charge in [-0.05, 0) is 49.8 Å². The van der Waals surface area contributed by atoms with Crippen LogP contribution in [0.25, 0.3) is 16.9 Å². The van der Waals surface area contributed by atoms with Crippen molar-refractivity contribution in [1.29, 1.82) is 0 Å². The number of benzene rings is 1. The molecular weight excluding hydrogens is 357 g/mol. The van der Waals surface area contributed by atoms with Crippen molar-refractivity contribution >= 4 is 17.4 Å². The van der Waals surface area contributed by atoms with Crippen LogP contribution < -0.4 is 5.32 Å². The van der Waals surface area contributed by atoms with E-state index in [2.05, 4.69) is 22.2 Å². The average molecular weight is 379 g/mol. The van der Waals surface area contributed by atoms with Crippen LogP contribution in [0.15, 0.2) is 36.9 Å². The highest BCUT2D eigenvalue weighted by molar-refractivity contribution is 5.91. The van der Waals surface area contributed by atoms with Gasteiger partial charge in [-0.25, -0.2) is 14.2 Å². The number of halogens is 1. The van der Waals surface area contributed by atoms with Gasteiger partial charge < -0.3 is 14.6 Å². The monoisotopic (exact) mass is 379 g/mol. The van der Waals surface area contributed by atoms with Crippen molar-refractivity contribution in [2.45, 2.75) is 45.2 Å². The van der Waals surface area contributed by atoms with E-state index in [1.807, 2.05) is 28.6 Å². The zero-order valence-corrected chi connectivity index (χ0v) is 15.9. The summed E-state index contributed by atoms with van der Waals surface area (Å²) in [5.41, 5.74) is 3.18. The van der Waals surface area contributed by atoms with Gasteiger partial charge in [-0.2, -0.15) is 0 Å². The summed E-state index contributed by atoms with van der Waals surface area (Å²) < 4.78 is 16.4. The Morgan fingerprint density at radius 2 is 2.00 bits per heavy atom. The predicted octanol–water partition coefficient (Wildman–Crippen LogP) is 4.25. The molecule has 4 heterocycles. The van der Waals surface area contributed by atoms with Crippen LogP contribution in [0.1, 0.15) is 31.7 Å². The number of nitrogens with zero attached hydrogens (tertiary/aromatic N) is 4. The molecule has 1 N–H and O–H groups in total. The second kappa shape index (κ2) is 6.29. The third kappa shape index (κ3) is 2.73. The summed E-state index contributed by atoms with van der Waals surface area (Å²) in [6.45, 7) is 4.06. The Kier molecular flexibility index (Phi) is 3.86. The average Bonchev–Trinajstić information content (AvgIpc) is 3.11. The second-order valence-corrected chi connectivity index (χ2v) is 8.07. The van der Waals surface area contributed by atoms with Crippen molar-refractivity contribution in [3.63, 3.8) is 0 Å². The topological polar surface area (TPSA) is 62.5 Å². The van der Waals surface area contributed by atoms with Crippen LogP contribution in [0.2, 0.25) is 0 Å². The van der Waals surface area contributed by atoms with Gasteiger partial charge in [-0.1, -0.05) is 6.92 Å². The number of hydrogen-bond acceptors (Lipinski definition) is 3. The first-order valence-corrected chi connectivity index (χ1v) is 9.68. The van der Waals surface area contributed by atoms with Crippen molar-refractivity contribution in [3.05, 3.63) is 48.3 Å². The predicted molar refractivity (Wildman–Crippen MR) is 105 cm³/mol. The van der Waals surface area contributed by atoms with Crippen LogP contribution in [0.3, 0.4) is 0 Å². The van der Waals surface area contributed by atoms with Gasteiger partial charge >= 0.3 is 6.03 Å². The number of aromatic nitrogens is 3. The maximum atomic E-state index is 14.6. The number of carbonyl (C=O) groups excluding carboxylic acids is 1. The van der Waals surface area contributed by atoms with Gasteiger partial charge in [0.2, 0.25) is 0 Å². The lowest BCUT2D eigenvalue weighted by Gasteiger charge is -2.54. The smallest absolute Gasteiger partial charge is 0.318 e. The molecule has 5 rings (SSSR count). The molecule has 7 heteroatoms. The number of rotatable bonds is 2. The Morgan fingerprint density at radius 1 is 1.21 bits per heavy atom. The molecule has 2 atom stereocenters. The van der Waals surface area contributed by atoms with E-state index in [4.69, 9.17) is 0 Å². The van der Waals surface area contributed by atoms with Crippen LogP contribution in [0.5, 0.6) is 0 Å². The zero-order chi connectivity index (χ0) is 19.4. The summed E-state index contributed by atoms with van der Waals surface area (Å²) in [5, 5.41) is 2.79. The zero-order valence-electron chi connectivity index (χ0n) is 15.9. The molecule has 2 bridgehead atoms. The molecule has 3 aromatic rings. The third-order valence-electron chi connectivity index (χ3n) is 6.03. The summed E-state index contributed by atoms with van der Waals surface area (Å²) in [6, 6.07) is 3.48. The number of urea groups is 1. The fourth-order valence-electron chi connectivity index (χ4n) is 4.67. The summed E-state index contributed by atoms with van der Waals surface area (Å²) in [5.74, 6) is 0.219. The van der Waals surface area contributed by atoms with Gasteiger partial charge in [0.05, 0.1) is 17.6 Å². The van der Waals surface area contributed by atoms with E-state index in [-0.39, 0.29) is 23.8 Å². The van der Waals surface area contributed by atoms with Crippen molar-refractivity contribution < 1.29 is 9.18 Å². The van der Waals surface area contributed by atoms with E-state index in [0.29, 0.717) is 11.6 Å². The van der Waals surface area contributed by atoms with Crippen LogP contribution in [0, 0.1) is 18.7 Å². The molecule has 0 saturated carbocycles. The van der Waals surface area contributed by atoms with Crippen molar-refractivity contribution in [2.24, 2.45) is 5.92 Å². The largest absolute Gasteiger partial charge is 0.322 e. The van der Waals surface area contributed by atoms with Crippen molar-refractivity contribution in [3.8, 4) is 11.3 Å². The lowest BCUT2D eigenvalue weighted by Crippen LogP contribution is -2.63. The van der Waals surface area contributed by atoms with Gasteiger partial charge in [-0.15, -0.1) is 0 Å². The number of fused-ring (bicyclic) bond motifs is 3. The van der Waals surface area contributed by atoms with Gasteiger partial charge in [-0.3, -0.25) is 4.98 Å². The molecule has 2 saturated heterocycles. The van der Waals surface area contributed by atoms with Gasteiger partial charge in [0, 0.05) is 36.2 Å². The van der Waals surface area contributed by atoms with Crippen LogP contribution >= 0.6 is 0 Å². The first kappa shape index (κ1) is 17.2. The normalized spacial score (nSPS) is 23.5. The first-order chi connectivity index (χ1) is 13.5. The molecule has 6 nitrogen and oxygen atoms in total. The number of amides is 2. The van der Waals surface area contributed by atoms with E-state index in [1.165, 1.54) is 6.07 Å². The molecule has 2 aliphatic rings. The van der Waals surface area contributed by atoms with Crippen molar-refractivity contribution in [1.82, 2.24) is 19.3 Å². The molecule has 2 aromatic heterocycles. The molecule has 28 heavy (non-hydrogen) atoms. The Bertz CT molecular complexity index is 1070. The van der Waals surface area contributed by atoms with Gasteiger partial charge in [0.1, 0.15) is 5.82 Å². The Balaban J connectivity index is 1.44. The summed E-state index contributed by atoms with van der Waals surface area (Å²) in [6.07, 6.45) is 10.2. The quantitative estimate of drug-likeness (QED) is 0.724. The molecule has 2 unspecified atom stereocenters. The Labute approximate surface area is 162 Å². The number of piperidine rings is 1. The number of carbonyl (C=O) groups is 1. The number of imidazole rings is 1. The van der Waals surface area contributed by atoms with E-state index >= 15 is 0 Å². The standard InChI is InChI=1S/C21H22FN5O/c1-12-5-14-8-15(6-12)27(14)21(28)25-18-9-16(13(2)7-17(18)22)19-11-26-4-3-23-20(26)10-24-19/h3-4,7,9-12,14-15H,5-6,8H2,1-2H3,(H,25,28). The molecule has 0 radical (unpaired) electrons. The molecule has 2 fully saturated rings. The summed E-state index contributed by atoms with van der Waals surface area (Å²) in [4.78, 5) is 23.3. The fourth-order valence-corrected chi connectivity index (χ4v) is 4.67. The number of hydrogen-bond donors (Lipinski definition) is 1. The fraction of sp³-hybridized carbons (Fsp3) is 0.381. The van der Waals surface area contributed by atoms with Gasteiger partial charge in [0.15, 0.2) is 5.65 Å². The van der Waals surface area contributed by atoms with Crippen LogP contribution in [0.4, 0.5) is 14.9 Å². The Morgan fingerprint density at radius 3 is 2.79 bits per heavy atom. The van der Waals surface area contributed by atoms with Crippen molar-refractivity contribution in [2.75, 3.05) is 5.32 Å². The highest BCUT2D eigenvalue weighted by Gasteiger charge is 2.46. The van der Waals surface area contributed by atoms with Gasteiger partial charge in [0.25, 0.3) is 0 Å². The maximum absolute atomic E-state index is 14.6. The second-order valence-electron chi connectivity index (χ2n) is 8.07. The lowest BCUT2D eigenvalue weighted by molar-refractivity contribution is -0.00603. The summed E-state index contributed by atoms with van der Waals surface area (Å²) >= 11 is 0. The lowest BCUT2D eigenvalue weighted by atomic mass is 9.74. The minimum Gasteiger partial charge on any atom is -0.318 e. The summed E-state index contributed by atoms with van der Waals surface area (Å²) in [7, 11) is 0. The Hall–Kier alpha value is -2.96. The molecular formula is C21H22FN5O. The molecule has 0 spiro atoms. The SMILES string of the molecule is Cc1cc(F)c(NC(=O)N2C3CC(C)CC2C3)cc1-c1cn2ccnc2cn1. The van der Waals surface area contributed by atoms with E-state index < -0.39 is 5.82 Å². The number of nitrogens with one attached hydrogen (secondary N) is 1. The minimum atomic E-state index is -0.433. The first-order valence-electron chi connectivity index (χ1n) is 9.68. The minimum absolute atomic E-state index is 0.191. The third-order valence-corrected chi connectivity index (χ3v) is 6.03. The highest BCUT2D eigenvalue weighted by atomic mass is 19.1. The molecule has 2 amide bonds. The van der Waals surface area contributed by atoms with E-state index in [9.17, 15) is 9.18 Å². The molecule has 0 aliphatic carbocycles. The number of aryl methyl sites for hydroxylation is 1. The molecule has 1 aromatic carbocycles.